The molecular weight excluding hydrogens is 477 g/mol. The molecule has 3 aromatic rings. The van der Waals surface area contributed by atoms with Gasteiger partial charge in [0.05, 0.1) is 23.3 Å². The zero-order valence-corrected chi connectivity index (χ0v) is 19.4. The lowest BCUT2D eigenvalue weighted by Crippen LogP contribution is -2.50. The molecule has 0 fully saturated rings. The number of carbonyl (C=O) groups is 1. The van der Waals surface area contributed by atoms with Crippen LogP contribution in [0.3, 0.4) is 0 Å². The Bertz CT molecular complexity index is 1490. The van der Waals surface area contributed by atoms with Crippen molar-refractivity contribution in [3.05, 3.63) is 86.5 Å². The normalized spacial score (nSPS) is 13.3. The minimum Gasteiger partial charge on any atom is -0.404 e. The third-order valence-electron chi connectivity index (χ3n) is 5.46. The van der Waals surface area contributed by atoms with Crippen LogP contribution in [0.15, 0.2) is 60.8 Å². The van der Waals surface area contributed by atoms with E-state index in [0.29, 0.717) is 0 Å². The van der Waals surface area contributed by atoms with E-state index >= 15 is 0 Å². The topological polar surface area (TPSA) is 74.4 Å². The van der Waals surface area contributed by atoms with Crippen molar-refractivity contribution in [2.24, 2.45) is 0 Å². The number of amides is 1. The molecule has 35 heavy (non-hydrogen) atoms. The number of aliphatic hydroxyl groups is 1. The molecule has 1 unspecified atom stereocenters. The van der Waals surface area contributed by atoms with Gasteiger partial charge in [-0.25, -0.2) is 0 Å². The second kappa shape index (κ2) is 9.49. The number of hydrogen-bond acceptors (Lipinski definition) is 4. The van der Waals surface area contributed by atoms with Gasteiger partial charge in [-0.1, -0.05) is 30.2 Å². The number of alkyl halides is 3. The van der Waals surface area contributed by atoms with E-state index in [0.717, 1.165) is 16.5 Å². The highest BCUT2D eigenvalue weighted by atomic mass is 32.1. The first-order valence-electron chi connectivity index (χ1n) is 10.6. The van der Waals surface area contributed by atoms with Crippen molar-refractivity contribution in [1.29, 1.82) is 0 Å². The van der Waals surface area contributed by atoms with Crippen LogP contribution >= 0.6 is 11.3 Å². The molecule has 2 heterocycles. The van der Waals surface area contributed by atoms with Crippen LogP contribution in [-0.2, 0) is 6.42 Å². The molecule has 9 heteroatoms. The molecule has 0 radical (unpaired) electrons. The summed E-state index contributed by atoms with van der Waals surface area (Å²) in [6.45, 7) is 1.16. The number of para-hydroxylation sites is 2. The number of terminal acetylenes is 1. The number of thiophene rings is 1. The van der Waals surface area contributed by atoms with Crippen molar-refractivity contribution in [2.75, 3.05) is 6.61 Å². The lowest BCUT2D eigenvalue weighted by atomic mass is 9.92. The van der Waals surface area contributed by atoms with Crippen molar-refractivity contribution >= 4 is 28.1 Å². The number of benzene rings is 2. The van der Waals surface area contributed by atoms with Crippen molar-refractivity contribution in [1.82, 2.24) is 10.3 Å². The van der Waals surface area contributed by atoms with E-state index in [1.807, 2.05) is 35.6 Å². The molecule has 1 amide bonds. The number of aromatic amines is 1. The smallest absolute Gasteiger partial charge is 0.404 e. The number of rotatable bonds is 6. The van der Waals surface area contributed by atoms with E-state index in [9.17, 15) is 23.1 Å². The Morgan fingerprint density at radius 3 is 2.43 bits per heavy atom. The van der Waals surface area contributed by atoms with Gasteiger partial charge in [0.2, 0.25) is 0 Å². The molecule has 1 aliphatic carbocycles. The lowest BCUT2D eigenvalue weighted by Gasteiger charge is -2.29. The molecule has 1 aliphatic heterocycles. The fourth-order valence-corrected chi connectivity index (χ4v) is 4.21. The lowest BCUT2D eigenvalue weighted by molar-refractivity contribution is -0.274. The van der Waals surface area contributed by atoms with Crippen LogP contribution in [0.4, 0.5) is 13.2 Å². The van der Waals surface area contributed by atoms with Gasteiger partial charge in [0.15, 0.2) is 5.75 Å². The summed E-state index contributed by atoms with van der Waals surface area (Å²) in [5, 5.41) is 13.5. The molecule has 180 valence electrons. The zero-order chi connectivity index (χ0) is 25.2. The molecule has 2 aromatic carbocycles. The number of halogens is 3. The molecule has 0 saturated carbocycles. The molecule has 1 atom stereocenters. The third kappa shape index (κ3) is 5.67. The number of fused-ring (bicyclic) bond motifs is 1. The highest BCUT2D eigenvalue weighted by Crippen LogP contribution is 2.31. The first kappa shape index (κ1) is 24.4. The SMILES string of the molecule is C#Cc1cccc(C(=O)NC(C)(CO)Cc2c[nH]c3ccccc23)c1OC(F)(F)F.c1cc2sc1=2. The van der Waals surface area contributed by atoms with Crippen molar-refractivity contribution in [3.8, 4) is 18.1 Å². The Balaban J connectivity index is 0.000000502. The predicted octanol–water partition coefficient (Wildman–Crippen LogP) is 5.12. The number of H-pyrrole nitrogens is 1. The average molecular weight is 499 g/mol. The summed E-state index contributed by atoms with van der Waals surface area (Å²) in [5.74, 6) is 0.491. The highest BCUT2D eigenvalue weighted by Gasteiger charge is 2.35. The van der Waals surface area contributed by atoms with Gasteiger partial charge in [-0.15, -0.1) is 30.9 Å². The molecule has 0 spiro atoms. The summed E-state index contributed by atoms with van der Waals surface area (Å²) in [7, 11) is 0. The van der Waals surface area contributed by atoms with Gasteiger partial charge >= 0.3 is 6.36 Å². The second-order valence-electron chi connectivity index (χ2n) is 8.25. The molecule has 3 N–H and O–H groups in total. The van der Waals surface area contributed by atoms with Crippen molar-refractivity contribution in [3.63, 3.8) is 0 Å². The molecule has 0 saturated heterocycles. The molecule has 2 aliphatic rings. The van der Waals surface area contributed by atoms with E-state index in [1.165, 1.54) is 27.3 Å². The van der Waals surface area contributed by atoms with E-state index in [4.69, 9.17) is 6.42 Å². The van der Waals surface area contributed by atoms with Crippen molar-refractivity contribution < 1.29 is 27.8 Å². The number of hydrogen-bond donors (Lipinski definition) is 3. The minimum atomic E-state index is -5.02. The first-order valence-corrected chi connectivity index (χ1v) is 11.4. The maximum absolute atomic E-state index is 12.8. The van der Waals surface area contributed by atoms with Gasteiger partial charge in [0.25, 0.3) is 5.91 Å². The summed E-state index contributed by atoms with van der Waals surface area (Å²) in [5.41, 5.74) is 0.000867. The van der Waals surface area contributed by atoms with E-state index in [2.05, 4.69) is 33.1 Å². The van der Waals surface area contributed by atoms with Crippen LogP contribution < -0.4 is 10.1 Å². The van der Waals surface area contributed by atoms with Crippen LogP contribution in [-0.4, -0.2) is 34.5 Å². The molecule has 1 aromatic heterocycles. The van der Waals surface area contributed by atoms with Crippen molar-refractivity contribution in [2.45, 2.75) is 25.2 Å². The van der Waals surface area contributed by atoms with Gasteiger partial charge in [-0.05, 0) is 49.2 Å². The summed E-state index contributed by atoms with van der Waals surface area (Å²) in [6.07, 6.45) is 2.25. The molecule has 5 rings (SSSR count). The minimum absolute atomic E-state index is 0.206. The number of carbonyl (C=O) groups excluding carboxylic acids is 1. The summed E-state index contributed by atoms with van der Waals surface area (Å²) >= 11 is 1.88. The quantitative estimate of drug-likeness (QED) is 0.285. The Labute approximate surface area is 202 Å². The summed E-state index contributed by atoms with van der Waals surface area (Å²) in [6, 6.07) is 15.6. The number of aliphatic hydroxyl groups excluding tert-OH is 1. The predicted molar refractivity (Wildman–Crippen MR) is 128 cm³/mol. The zero-order valence-electron chi connectivity index (χ0n) is 18.6. The van der Waals surface area contributed by atoms with E-state index in [-0.39, 0.29) is 17.5 Å². The average Bonchev–Trinajstić information content (AvgIpc) is 3.21. The van der Waals surface area contributed by atoms with Crippen LogP contribution in [0.2, 0.25) is 0 Å². The number of nitrogens with one attached hydrogen (secondary N) is 2. The largest absolute Gasteiger partial charge is 0.573 e. The fourth-order valence-electron chi connectivity index (χ4n) is 3.61. The monoisotopic (exact) mass is 498 g/mol. The van der Waals surface area contributed by atoms with Gasteiger partial charge in [0.1, 0.15) is 0 Å². The number of aromatic nitrogens is 1. The first-order chi connectivity index (χ1) is 16.6. The Kier molecular flexibility index (Phi) is 6.61. The molecular formula is C26H21F3N2O3S. The second-order valence-corrected chi connectivity index (χ2v) is 9.33. The van der Waals surface area contributed by atoms with Gasteiger partial charge in [0, 0.05) is 26.2 Å². The van der Waals surface area contributed by atoms with Crippen LogP contribution in [0.25, 0.3) is 10.9 Å². The van der Waals surface area contributed by atoms with E-state index < -0.39 is 30.2 Å². The van der Waals surface area contributed by atoms with Gasteiger partial charge in [-0.3, -0.25) is 4.79 Å². The third-order valence-corrected chi connectivity index (χ3v) is 6.41. The maximum atomic E-state index is 12.8. The molecule has 5 nitrogen and oxygen atoms in total. The Morgan fingerprint density at radius 1 is 1.14 bits per heavy atom. The van der Waals surface area contributed by atoms with Gasteiger partial charge in [-0.2, -0.15) is 0 Å². The Morgan fingerprint density at radius 2 is 1.86 bits per heavy atom. The van der Waals surface area contributed by atoms with Crippen LogP contribution in [0, 0.1) is 21.4 Å². The van der Waals surface area contributed by atoms with Gasteiger partial charge < -0.3 is 20.1 Å². The Hall–Kier alpha value is -3.74. The molecule has 0 bridgehead atoms. The summed E-state index contributed by atoms with van der Waals surface area (Å²) in [4.78, 5) is 15.9. The number of ether oxygens (including phenoxy) is 1. The van der Waals surface area contributed by atoms with Crippen LogP contribution in [0.5, 0.6) is 5.75 Å². The van der Waals surface area contributed by atoms with Crippen LogP contribution in [0.1, 0.15) is 28.4 Å². The fraction of sp³-hybridized carbons (Fsp3) is 0.192. The van der Waals surface area contributed by atoms with E-state index in [1.54, 1.807) is 13.1 Å². The standard InChI is InChI=1S/C22H19F3N2O3.C4H2S/c1-3-14-7-6-9-17(19(14)30-22(23,24)25)20(29)27-21(2,13-28)11-15-12-26-18-10-5-4-8-16(15)18;1-2-4-3(1)5-4/h1,4-10,12,26,28H,11,13H2,2H3,(H,27,29);1-2H. The summed E-state index contributed by atoms with van der Waals surface area (Å²) < 4.78 is 45.5. The maximum Gasteiger partial charge on any atom is 0.573 e. The highest BCUT2D eigenvalue weighted by molar-refractivity contribution is 7.14.